The Labute approximate surface area is 164 Å². The third-order valence-electron chi connectivity index (χ3n) is 5.66. The second kappa shape index (κ2) is 7.24. The van der Waals surface area contributed by atoms with Crippen LogP contribution in [0.2, 0.25) is 0 Å². The van der Waals surface area contributed by atoms with Crippen LogP contribution in [-0.4, -0.2) is 46.0 Å². The van der Waals surface area contributed by atoms with Gasteiger partial charge in [-0.1, -0.05) is 12.1 Å². The van der Waals surface area contributed by atoms with E-state index in [-0.39, 0.29) is 6.04 Å². The third kappa shape index (κ3) is 3.22. The van der Waals surface area contributed by atoms with Crippen molar-refractivity contribution in [1.82, 2.24) is 20.0 Å². The van der Waals surface area contributed by atoms with Gasteiger partial charge in [0.15, 0.2) is 11.7 Å². The van der Waals surface area contributed by atoms with Crippen LogP contribution in [-0.2, 0) is 7.05 Å². The van der Waals surface area contributed by atoms with Gasteiger partial charge >= 0.3 is 0 Å². The molecule has 1 aromatic heterocycles. The molecular formula is C21H25N7. The highest BCUT2D eigenvalue weighted by Gasteiger charge is 2.32. The minimum atomic E-state index is 0.173. The Morgan fingerprint density at radius 1 is 1.25 bits per heavy atom. The minimum absolute atomic E-state index is 0.173. The largest absolute Gasteiger partial charge is 0.337 e. The van der Waals surface area contributed by atoms with E-state index in [0.29, 0.717) is 12.5 Å². The monoisotopic (exact) mass is 375 g/mol. The molecule has 5 rings (SSSR count). The molecule has 2 unspecified atom stereocenters. The molecule has 1 aromatic carbocycles. The Bertz CT molecular complexity index is 949. The summed E-state index contributed by atoms with van der Waals surface area (Å²) in [4.78, 5) is 11.5. The van der Waals surface area contributed by atoms with E-state index >= 15 is 0 Å². The van der Waals surface area contributed by atoms with E-state index in [4.69, 9.17) is 4.99 Å². The summed E-state index contributed by atoms with van der Waals surface area (Å²) in [5.41, 5.74) is 3.60. The summed E-state index contributed by atoms with van der Waals surface area (Å²) >= 11 is 0. The van der Waals surface area contributed by atoms with E-state index in [0.717, 1.165) is 30.4 Å². The van der Waals surface area contributed by atoms with Gasteiger partial charge in [0, 0.05) is 43.4 Å². The molecule has 0 saturated carbocycles. The van der Waals surface area contributed by atoms with Gasteiger partial charge in [-0.2, -0.15) is 5.10 Å². The van der Waals surface area contributed by atoms with Gasteiger partial charge in [-0.3, -0.25) is 9.67 Å². The van der Waals surface area contributed by atoms with Crippen molar-refractivity contribution >= 4 is 17.4 Å². The van der Waals surface area contributed by atoms with Crippen LogP contribution in [0.4, 0.5) is 5.69 Å². The summed E-state index contributed by atoms with van der Waals surface area (Å²) in [5, 5.41) is 11.3. The quantitative estimate of drug-likeness (QED) is 0.865. The fourth-order valence-electron chi connectivity index (χ4n) is 4.21. The van der Waals surface area contributed by atoms with Crippen molar-refractivity contribution in [2.75, 3.05) is 25.0 Å². The number of hydrogen-bond acceptors (Lipinski definition) is 6. The number of rotatable bonds is 3. The number of aliphatic imine (C=N–C) groups is 2. The highest BCUT2D eigenvalue weighted by molar-refractivity contribution is 6.45. The molecule has 0 bridgehead atoms. The smallest absolute Gasteiger partial charge is 0.173 e. The lowest BCUT2D eigenvalue weighted by Gasteiger charge is -2.27. The van der Waals surface area contributed by atoms with Gasteiger partial charge in [-0.05, 0) is 43.0 Å². The van der Waals surface area contributed by atoms with Gasteiger partial charge in [-0.25, -0.2) is 4.99 Å². The molecule has 3 aliphatic rings. The summed E-state index contributed by atoms with van der Waals surface area (Å²) in [6.07, 6.45) is 10.3. The molecular weight excluding hydrogens is 350 g/mol. The standard InChI is InChI=1S/C21H25N7/c1-27-14-17(12-25-27)19-13-24-21-20(23-8-9-28(19)21)26-18-6-2-4-15(10-18)16-5-3-7-22-11-16/h2,4,6,8-10,12,14,16,19,22H,3,5,7,11,13H2,1H3,(H,23,26). The Morgan fingerprint density at radius 3 is 3.04 bits per heavy atom. The topological polar surface area (TPSA) is 69.8 Å². The van der Waals surface area contributed by atoms with Crippen molar-refractivity contribution in [2.45, 2.75) is 24.8 Å². The second-order valence-corrected chi connectivity index (χ2v) is 7.60. The first-order valence-corrected chi connectivity index (χ1v) is 9.92. The van der Waals surface area contributed by atoms with E-state index in [1.54, 1.807) is 0 Å². The molecule has 7 heteroatoms. The number of aryl methyl sites for hydroxylation is 1. The normalized spacial score (nSPS) is 24.0. The van der Waals surface area contributed by atoms with Crippen LogP contribution in [0.15, 0.2) is 59.0 Å². The molecule has 3 aliphatic heterocycles. The molecule has 0 amide bonds. The van der Waals surface area contributed by atoms with Crippen molar-refractivity contribution in [3.63, 3.8) is 0 Å². The van der Waals surface area contributed by atoms with Crippen molar-refractivity contribution < 1.29 is 0 Å². The molecule has 7 nitrogen and oxygen atoms in total. The predicted molar refractivity (Wildman–Crippen MR) is 112 cm³/mol. The zero-order valence-corrected chi connectivity index (χ0v) is 16.0. The summed E-state index contributed by atoms with van der Waals surface area (Å²) < 4.78 is 1.83. The molecule has 2 N–H and O–H groups in total. The molecule has 28 heavy (non-hydrogen) atoms. The number of amidine groups is 2. The van der Waals surface area contributed by atoms with Crippen LogP contribution in [0.5, 0.6) is 0 Å². The predicted octanol–water partition coefficient (Wildman–Crippen LogP) is 2.64. The molecule has 1 saturated heterocycles. The fourth-order valence-corrected chi connectivity index (χ4v) is 4.21. The van der Waals surface area contributed by atoms with Gasteiger partial charge in [0.2, 0.25) is 0 Å². The number of aromatic nitrogens is 2. The summed E-state index contributed by atoms with van der Waals surface area (Å²) in [6.45, 7) is 2.89. The molecule has 0 radical (unpaired) electrons. The first-order chi connectivity index (χ1) is 13.8. The molecule has 1 fully saturated rings. The number of benzene rings is 1. The van der Waals surface area contributed by atoms with Crippen molar-refractivity contribution in [1.29, 1.82) is 0 Å². The number of hydrogen-bond donors (Lipinski definition) is 2. The lowest BCUT2D eigenvalue weighted by atomic mass is 9.91. The first-order valence-electron chi connectivity index (χ1n) is 9.92. The van der Waals surface area contributed by atoms with E-state index in [9.17, 15) is 0 Å². The summed E-state index contributed by atoms with van der Waals surface area (Å²) in [5.74, 6) is 2.27. The summed E-state index contributed by atoms with van der Waals surface area (Å²) in [6, 6.07) is 8.86. The van der Waals surface area contributed by atoms with Gasteiger partial charge in [0.25, 0.3) is 0 Å². The van der Waals surface area contributed by atoms with Crippen LogP contribution in [0.1, 0.15) is 35.9 Å². The van der Waals surface area contributed by atoms with E-state index in [1.807, 2.05) is 30.3 Å². The van der Waals surface area contributed by atoms with Gasteiger partial charge in [0.05, 0.1) is 18.8 Å². The maximum atomic E-state index is 4.77. The van der Waals surface area contributed by atoms with Gasteiger partial charge in [-0.15, -0.1) is 0 Å². The lowest BCUT2D eigenvalue weighted by molar-refractivity contribution is 0.458. The van der Waals surface area contributed by atoms with Gasteiger partial charge < -0.3 is 15.5 Å². The molecule has 4 heterocycles. The average Bonchev–Trinajstić information content (AvgIpc) is 3.35. The number of nitrogens with zero attached hydrogens (tertiary/aromatic N) is 5. The van der Waals surface area contributed by atoms with Crippen LogP contribution < -0.4 is 10.6 Å². The molecule has 144 valence electrons. The Morgan fingerprint density at radius 2 is 2.21 bits per heavy atom. The second-order valence-electron chi connectivity index (χ2n) is 7.60. The van der Waals surface area contributed by atoms with Crippen LogP contribution >= 0.6 is 0 Å². The molecule has 2 aromatic rings. The highest BCUT2D eigenvalue weighted by atomic mass is 15.3. The number of piperidine rings is 1. The van der Waals surface area contributed by atoms with E-state index in [2.05, 4.69) is 56.1 Å². The SMILES string of the molecule is Cn1cc(C2CN=C3C(Nc4cccc(C5CCCNC5)c4)=NC=CN32)cn1. The number of anilines is 1. The van der Waals surface area contributed by atoms with E-state index in [1.165, 1.54) is 24.0 Å². The zero-order chi connectivity index (χ0) is 18.9. The maximum Gasteiger partial charge on any atom is 0.173 e. The maximum absolute atomic E-state index is 4.77. The average molecular weight is 375 g/mol. The molecule has 2 atom stereocenters. The summed E-state index contributed by atoms with van der Waals surface area (Å²) in [7, 11) is 1.94. The Kier molecular flexibility index (Phi) is 4.44. The Balaban J connectivity index is 1.34. The van der Waals surface area contributed by atoms with Crippen LogP contribution in [0.25, 0.3) is 0 Å². The fraction of sp³-hybridized carbons (Fsp3) is 0.381. The third-order valence-corrected chi connectivity index (χ3v) is 5.66. The van der Waals surface area contributed by atoms with Crippen molar-refractivity contribution in [3.05, 3.63) is 60.2 Å². The first kappa shape index (κ1) is 17.2. The van der Waals surface area contributed by atoms with Crippen molar-refractivity contribution in [2.24, 2.45) is 17.0 Å². The van der Waals surface area contributed by atoms with Crippen LogP contribution in [0.3, 0.4) is 0 Å². The number of nitrogens with one attached hydrogen (secondary N) is 2. The van der Waals surface area contributed by atoms with Crippen molar-refractivity contribution in [3.8, 4) is 0 Å². The Hall–Kier alpha value is -2.93. The van der Waals surface area contributed by atoms with Gasteiger partial charge in [0.1, 0.15) is 0 Å². The molecule has 0 spiro atoms. The lowest BCUT2D eigenvalue weighted by Crippen LogP contribution is -2.37. The van der Waals surface area contributed by atoms with E-state index < -0.39 is 0 Å². The highest BCUT2D eigenvalue weighted by Crippen LogP contribution is 2.30. The minimum Gasteiger partial charge on any atom is -0.337 e. The molecule has 0 aliphatic carbocycles. The number of fused-ring (bicyclic) bond motifs is 1. The van der Waals surface area contributed by atoms with Crippen LogP contribution in [0, 0.1) is 0 Å². The zero-order valence-electron chi connectivity index (χ0n) is 16.0.